The first-order valence-corrected chi connectivity index (χ1v) is 7.29. The Labute approximate surface area is 126 Å². The van der Waals surface area contributed by atoms with Crippen LogP contribution in [0.5, 0.6) is 0 Å². The summed E-state index contributed by atoms with van der Waals surface area (Å²) in [6, 6.07) is 10.6. The molecule has 20 heavy (non-hydrogen) atoms. The maximum atomic E-state index is 11.8. The Kier molecular flexibility index (Phi) is 5.15. The Balaban J connectivity index is 1.84. The van der Waals surface area contributed by atoms with Crippen molar-refractivity contribution in [2.24, 2.45) is 5.10 Å². The van der Waals surface area contributed by atoms with Gasteiger partial charge in [0.15, 0.2) is 0 Å². The van der Waals surface area contributed by atoms with Crippen molar-refractivity contribution in [3.05, 3.63) is 51.7 Å². The fraction of sp³-hybridized carbons (Fsp3) is 0.143. The number of amides is 1. The molecule has 0 radical (unpaired) electrons. The van der Waals surface area contributed by atoms with Crippen molar-refractivity contribution in [1.29, 1.82) is 0 Å². The summed E-state index contributed by atoms with van der Waals surface area (Å²) in [6.07, 6.45) is 1.62. The molecule has 0 aliphatic heterocycles. The maximum Gasteiger partial charge on any atom is 0.262 e. The second kappa shape index (κ2) is 7.07. The van der Waals surface area contributed by atoms with Crippen molar-refractivity contribution in [3.8, 4) is 0 Å². The van der Waals surface area contributed by atoms with Crippen LogP contribution in [0, 0.1) is 0 Å². The van der Waals surface area contributed by atoms with Crippen LogP contribution in [-0.2, 0) is 4.79 Å². The topological polar surface area (TPSA) is 53.5 Å². The summed E-state index contributed by atoms with van der Waals surface area (Å²) in [4.78, 5) is 12.8. The van der Waals surface area contributed by atoms with E-state index in [-0.39, 0.29) is 5.91 Å². The molecule has 2 rings (SSSR count). The number of carbonyl (C=O) groups excluding carboxylic acids is 1. The van der Waals surface area contributed by atoms with Crippen LogP contribution in [0.3, 0.4) is 0 Å². The normalized spacial score (nSPS) is 12.3. The third kappa shape index (κ3) is 4.36. The average molecular weight is 308 g/mol. The molecular weight excluding hydrogens is 294 g/mol. The average Bonchev–Trinajstić information content (AvgIpc) is 2.94. The molecule has 1 aromatic heterocycles. The van der Waals surface area contributed by atoms with Crippen LogP contribution in [0.4, 0.5) is 5.69 Å². The SMILES string of the molecule is C[C@H](Nc1ccc(Cl)cc1)C(=O)N/N=C\c1cccs1. The molecule has 0 aliphatic carbocycles. The zero-order chi connectivity index (χ0) is 14.4. The first-order valence-electron chi connectivity index (χ1n) is 6.03. The van der Waals surface area contributed by atoms with E-state index in [1.54, 1.807) is 36.6 Å². The van der Waals surface area contributed by atoms with Gasteiger partial charge in [0.05, 0.1) is 6.21 Å². The number of halogens is 1. The first kappa shape index (κ1) is 14.6. The van der Waals surface area contributed by atoms with Crippen LogP contribution in [0.2, 0.25) is 5.02 Å². The molecule has 1 atom stereocenters. The van der Waals surface area contributed by atoms with Crippen molar-refractivity contribution in [1.82, 2.24) is 5.43 Å². The van der Waals surface area contributed by atoms with Gasteiger partial charge in [-0.1, -0.05) is 17.7 Å². The first-order chi connectivity index (χ1) is 9.65. The summed E-state index contributed by atoms with van der Waals surface area (Å²) in [5.74, 6) is -0.201. The van der Waals surface area contributed by atoms with Crippen LogP contribution < -0.4 is 10.7 Å². The quantitative estimate of drug-likeness (QED) is 0.657. The zero-order valence-corrected chi connectivity index (χ0v) is 12.4. The van der Waals surface area contributed by atoms with E-state index >= 15 is 0 Å². The summed E-state index contributed by atoms with van der Waals surface area (Å²) in [5.41, 5.74) is 3.33. The molecule has 0 unspecified atom stereocenters. The van der Waals surface area contributed by atoms with Gasteiger partial charge in [-0.05, 0) is 42.6 Å². The number of thiophene rings is 1. The smallest absolute Gasteiger partial charge is 0.262 e. The highest BCUT2D eigenvalue weighted by Crippen LogP contribution is 2.14. The number of rotatable bonds is 5. The largest absolute Gasteiger partial charge is 0.374 e. The van der Waals surface area contributed by atoms with Gasteiger partial charge in [0.2, 0.25) is 0 Å². The van der Waals surface area contributed by atoms with Crippen LogP contribution in [0.15, 0.2) is 46.9 Å². The number of benzene rings is 1. The van der Waals surface area contributed by atoms with E-state index in [0.29, 0.717) is 5.02 Å². The predicted octanol–water partition coefficient (Wildman–Crippen LogP) is 3.35. The Morgan fingerprint density at radius 2 is 2.10 bits per heavy atom. The number of hydrogen-bond donors (Lipinski definition) is 2. The molecular formula is C14H14ClN3OS. The minimum Gasteiger partial charge on any atom is -0.374 e. The maximum absolute atomic E-state index is 11.8. The van der Waals surface area contributed by atoms with Crippen LogP contribution in [-0.4, -0.2) is 18.2 Å². The Hall–Kier alpha value is -1.85. The fourth-order valence-corrected chi connectivity index (χ4v) is 2.19. The molecule has 1 aromatic carbocycles. The second-order valence-corrected chi connectivity index (χ2v) is 5.54. The highest BCUT2D eigenvalue weighted by Gasteiger charge is 2.11. The van der Waals surface area contributed by atoms with Gasteiger partial charge in [-0.15, -0.1) is 11.3 Å². The lowest BCUT2D eigenvalue weighted by atomic mass is 10.2. The molecule has 4 nitrogen and oxygen atoms in total. The lowest BCUT2D eigenvalue weighted by Crippen LogP contribution is -2.34. The molecule has 1 heterocycles. The van der Waals surface area contributed by atoms with Gasteiger partial charge in [0, 0.05) is 15.6 Å². The van der Waals surface area contributed by atoms with Crippen molar-refractivity contribution in [2.75, 3.05) is 5.32 Å². The lowest BCUT2D eigenvalue weighted by molar-refractivity contribution is -0.121. The summed E-state index contributed by atoms with van der Waals surface area (Å²) >= 11 is 7.36. The van der Waals surface area contributed by atoms with Gasteiger partial charge >= 0.3 is 0 Å². The third-order valence-corrected chi connectivity index (χ3v) is 3.59. The number of nitrogens with zero attached hydrogens (tertiary/aromatic N) is 1. The number of hydrazone groups is 1. The fourth-order valence-electron chi connectivity index (χ4n) is 1.48. The second-order valence-electron chi connectivity index (χ2n) is 4.12. The monoisotopic (exact) mass is 307 g/mol. The molecule has 2 aromatic rings. The van der Waals surface area contributed by atoms with E-state index < -0.39 is 6.04 Å². The van der Waals surface area contributed by atoms with E-state index in [2.05, 4.69) is 15.8 Å². The highest BCUT2D eigenvalue weighted by molar-refractivity contribution is 7.11. The molecule has 0 saturated heterocycles. The van der Waals surface area contributed by atoms with Crippen LogP contribution in [0.1, 0.15) is 11.8 Å². The van der Waals surface area contributed by atoms with Gasteiger partial charge < -0.3 is 5.32 Å². The van der Waals surface area contributed by atoms with Crippen molar-refractivity contribution in [2.45, 2.75) is 13.0 Å². The summed E-state index contributed by atoms with van der Waals surface area (Å²) in [6.45, 7) is 1.77. The summed E-state index contributed by atoms with van der Waals surface area (Å²) in [5, 5.41) is 9.60. The van der Waals surface area contributed by atoms with Crippen molar-refractivity contribution >= 4 is 40.7 Å². The van der Waals surface area contributed by atoms with Crippen molar-refractivity contribution < 1.29 is 4.79 Å². The molecule has 6 heteroatoms. The third-order valence-electron chi connectivity index (χ3n) is 2.53. The number of anilines is 1. The van der Waals surface area contributed by atoms with E-state index in [0.717, 1.165) is 10.6 Å². The molecule has 0 spiro atoms. The molecule has 0 bridgehead atoms. The minimum absolute atomic E-state index is 0.201. The van der Waals surface area contributed by atoms with Gasteiger partial charge in [-0.3, -0.25) is 4.79 Å². The van der Waals surface area contributed by atoms with Crippen molar-refractivity contribution in [3.63, 3.8) is 0 Å². The minimum atomic E-state index is -0.392. The van der Waals surface area contributed by atoms with E-state index in [1.165, 1.54) is 0 Å². The Morgan fingerprint density at radius 3 is 2.75 bits per heavy atom. The van der Waals surface area contributed by atoms with E-state index in [9.17, 15) is 4.79 Å². The highest BCUT2D eigenvalue weighted by atomic mass is 35.5. The summed E-state index contributed by atoms with van der Waals surface area (Å²) < 4.78 is 0. The standard InChI is InChI=1S/C14H14ClN3OS/c1-10(17-12-6-4-11(15)5-7-12)14(19)18-16-9-13-3-2-8-20-13/h2-10,17H,1H3,(H,18,19)/b16-9-/t10-/m0/s1. The van der Waals surface area contributed by atoms with Gasteiger partial charge in [-0.25, -0.2) is 5.43 Å². The number of carbonyl (C=O) groups is 1. The predicted molar refractivity (Wildman–Crippen MR) is 84.6 cm³/mol. The molecule has 1 amide bonds. The van der Waals surface area contributed by atoms with Gasteiger partial charge in [0.25, 0.3) is 5.91 Å². The van der Waals surface area contributed by atoms with Crippen LogP contribution in [0.25, 0.3) is 0 Å². The molecule has 0 saturated carbocycles. The Bertz CT molecular complexity index is 581. The Morgan fingerprint density at radius 1 is 1.35 bits per heavy atom. The van der Waals surface area contributed by atoms with E-state index in [1.807, 2.05) is 29.6 Å². The molecule has 2 N–H and O–H groups in total. The number of hydrogen-bond acceptors (Lipinski definition) is 4. The zero-order valence-electron chi connectivity index (χ0n) is 10.8. The lowest BCUT2D eigenvalue weighted by Gasteiger charge is -2.13. The molecule has 0 aliphatic rings. The molecule has 0 fully saturated rings. The van der Waals surface area contributed by atoms with Gasteiger partial charge in [-0.2, -0.15) is 5.10 Å². The van der Waals surface area contributed by atoms with Crippen LogP contribution >= 0.6 is 22.9 Å². The molecule has 104 valence electrons. The summed E-state index contributed by atoms with van der Waals surface area (Å²) in [7, 11) is 0. The van der Waals surface area contributed by atoms with E-state index in [4.69, 9.17) is 11.6 Å². The van der Waals surface area contributed by atoms with Gasteiger partial charge in [0.1, 0.15) is 6.04 Å². The number of nitrogens with one attached hydrogen (secondary N) is 2.